The Kier molecular flexibility index (Phi) is 23.6. The van der Waals surface area contributed by atoms with Gasteiger partial charge in [0.2, 0.25) is 0 Å². The molecule has 0 aliphatic heterocycles. The first-order chi connectivity index (χ1) is 70.9. The summed E-state index contributed by atoms with van der Waals surface area (Å²) in [5.74, 6) is 3.95. The molecular weight excluding hydrogens is 1770 g/mol. The van der Waals surface area contributed by atoms with E-state index in [-0.39, 0.29) is 32.5 Å². The molecule has 0 saturated carbocycles. The van der Waals surface area contributed by atoms with Crippen LogP contribution in [0.5, 0.6) is 0 Å². The molecule has 704 valence electrons. The molecule has 3 aromatic heterocycles. The van der Waals surface area contributed by atoms with Gasteiger partial charge in [-0.1, -0.05) is 508 Å². The lowest BCUT2D eigenvalue weighted by atomic mass is 9.54. The molecule has 8 nitrogen and oxygen atoms in total. The van der Waals surface area contributed by atoms with Gasteiger partial charge in [-0.15, -0.1) is 0 Å². The first-order valence-electron chi connectivity index (χ1n) is 50.8. The fourth-order valence-corrected chi connectivity index (χ4v) is 22.2. The Bertz CT molecular complexity index is 8650. The van der Waals surface area contributed by atoms with E-state index >= 15 is 0 Å². The molecule has 8 heteroatoms. The number of hydrogen-bond donors (Lipinski definition) is 0. The zero-order valence-corrected chi connectivity index (χ0v) is 84.5. The van der Waals surface area contributed by atoms with Crippen molar-refractivity contribution in [1.82, 2.24) is 39.9 Å². The summed E-state index contributed by atoms with van der Waals surface area (Å²) < 4.78 is 0. The molecule has 25 rings (SSSR count). The Morgan fingerprint density at radius 1 is 0.144 bits per heavy atom. The van der Waals surface area contributed by atoms with Gasteiger partial charge in [-0.3, -0.25) is 0 Å². The van der Waals surface area contributed by atoms with E-state index in [0.717, 1.165) is 83.4 Å². The standard InChI is InChI=1S/C51H41N3.C45H37N3.C42H34N2/c1-50(2)45-32-39(34-16-8-5-9-17-34)28-30-43(45)44-31-29-40(33-46(44)51(50,3)4)42-23-15-14-22-41(42)35-24-26-38(27-25-35)49-53-47(36-18-10-6-11-19-36)52-48(54-49)37-20-12-7-13-21-37;1-44(2)39-28-27-35(29-38(39)37-22-14-21-36(40(37)45(44,3)4)32-17-10-6-11-18-32)43-47-41(33-19-12-7-13-20-33)46-42(48-43)34-25-23-31(24-26-34)30-15-8-5-9-16-30;1-41(2)35-22-19-30(27-13-7-5-8-14-27)25-33(35)34-26-31(20-23-36(34)42(41,3)4)39-38(29-16-9-6-10-17-29)43-37-24-21-28-15-11-12-18-32(28)40(37)44-39/h5-33H,1-4H3;5-29H,1-4H3;5-26H,1-4H3. The molecule has 3 heterocycles. The van der Waals surface area contributed by atoms with E-state index in [9.17, 15) is 0 Å². The summed E-state index contributed by atoms with van der Waals surface area (Å²) in [5, 5.41) is 2.29. The van der Waals surface area contributed by atoms with E-state index in [0.29, 0.717) is 34.9 Å². The zero-order valence-electron chi connectivity index (χ0n) is 84.5. The van der Waals surface area contributed by atoms with Crippen LogP contribution in [0, 0.1) is 0 Å². The van der Waals surface area contributed by atoms with Gasteiger partial charge in [-0.05, 0) is 202 Å². The van der Waals surface area contributed by atoms with E-state index in [2.05, 4.69) is 459 Å². The monoisotopic (exact) mass is 1880 g/mol. The van der Waals surface area contributed by atoms with Crippen molar-refractivity contribution < 1.29 is 0 Å². The van der Waals surface area contributed by atoms with Crippen LogP contribution in [0.3, 0.4) is 0 Å². The van der Waals surface area contributed by atoms with Gasteiger partial charge in [0.25, 0.3) is 0 Å². The predicted molar refractivity (Wildman–Crippen MR) is 607 cm³/mol. The maximum absolute atomic E-state index is 5.42. The largest absolute Gasteiger partial charge is 0.244 e. The molecule has 0 spiro atoms. The van der Waals surface area contributed by atoms with E-state index < -0.39 is 0 Å². The van der Waals surface area contributed by atoms with Crippen molar-refractivity contribution in [2.75, 3.05) is 0 Å². The van der Waals surface area contributed by atoms with Crippen LogP contribution >= 0.6 is 0 Å². The Hall–Kier alpha value is -17.2. The summed E-state index contributed by atoms with van der Waals surface area (Å²) >= 11 is 0. The maximum Gasteiger partial charge on any atom is 0.164 e. The molecule has 0 amide bonds. The molecule has 0 saturated heterocycles. The highest BCUT2D eigenvalue weighted by Gasteiger charge is 2.50. The summed E-state index contributed by atoms with van der Waals surface area (Å²) in [7, 11) is 0. The lowest BCUT2D eigenvalue weighted by Gasteiger charge is -2.49. The molecule has 0 radical (unpaired) electrons. The fourth-order valence-electron chi connectivity index (χ4n) is 22.2. The van der Waals surface area contributed by atoms with Gasteiger partial charge in [0.05, 0.1) is 22.4 Å². The van der Waals surface area contributed by atoms with Crippen LogP contribution in [0.2, 0.25) is 0 Å². The van der Waals surface area contributed by atoms with Crippen LogP contribution in [0.25, 0.3) is 213 Å². The fraction of sp³-hybridized carbons (Fsp3) is 0.130. The third-order valence-corrected chi connectivity index (χ3v) is 32.5. The number of nitrogens with zero attached hydrogens (tertiary/aromatic N) is 8. The van der Waals surface area contributed by atoms with Gasteiger partial charge in [0.15, 0.2) is 34.9 Å². The van der Waals surface area contributed by atoms with Crippen LogP contribution in [-0.4, -0.2) is 39.9 Å². The van der Waals surface area contributed by atoms with E-state index in [1.54, 1.807) is 0 Å². The van der Waals surface area contributed by atoms with Crippen molar-refractivity contribution in [2.24, 2.45) is 0 Å². The van der Waals surface area contributed by atoms with Crippen molar-refractivity contribution in [2.45, 2.75) is 116 Å². The van der Waals surface area contributed by atoms with Crippen molar-refractivity contribution in [1.29, 1.82) is 0 Å². The average Bonchev–Trinajstić information content (AvgIpc) is 0.717. The minimum absolute atomic E-state index is 0.0526. The van der Waals surface area contributed by atoms with E-state index in [1.165, 1.54) is 128 Å². The smallest absolute Gasteiger partial charge is 0.164 e. The maximum atomic E-state index is 5.42. The molecule has 3 aliphatic rings. The average molecular weight is 1880 g/mol. The van der Waals surface area contributed by atoms with Gasteiger partial charge in [-0.25, -0.2) is 39.9 Å². The highest BCUT2D eigenvalue weighted by molar-refractivity contribution is 6.06. The molecule has 22 aromatic rings. The number of hydrogen-bond acceptors (Lipinski definition) is 8. The highest BCUT2D eigenvalue weighted by Crippen LogP contribution is 2.60. The van der Waals surface area contributed by atoms with E-state index in [4.69, 9.17) is 39.9 Å². The normalized spacial score (nSPS) is 14.2. The number of aromatic nitrogens is 8. The molecule has 3 aliphatic carbocycles. The second-order valence-corrected chi connectivity index (χ2v) is 42.1. The molecule has 0 bridgehead atoms. The van der Waals surface area contributed by atoms with Crippen LogP contribution < -0.4 is 0 Å². The van der Waals surface area contributed by atoms with Crippen molar-refractivity contribution >= 4 is 21.8 Å². The van der Waals surface area contributed by atoms with Gasteiger partial charge < -0.3 is 0 Å². The van der Waals surface area contributed by atoms with Gasteiger partial charge in [0, 0.05) is 55.3 Å². The predicted octanol–water partition coefficient (Wildman–Crippen LogP) is 35.6. The molecule has 0 N–H and O–H groups in total. The van der Waals surface area contributed by atoms with Crippen molar-refractivity contribution in [3.05, 3.63) is 494 Å². The second-order valence-electron chi connectivity index (χ2n) is 42.1. The lowest BCUT2D eigenvalue weighted by molar-refractivity contribution is 0.299. The van der Waals surface area contributed by atoms with Gasteiger partial charge in [-0.2, -0.15) is 0 Å². The summed E-state index contributed by atoms with van der Waals surface area (Å²) in [6, 6.07) is 164. The third kappa shape index (κ3) is 16.6. The molecule has 0 unspecified atom stereocenters. The third-order valence-electron chi connectivity index (χ3n) is 32.5. The Morgan fingerprint density at radius 3 is 0.904 bits per heavy atom. The Balaban J connectivity index is 0.000000121. The first-order valence-corrected chi connectivity index (χ1v) is 50.8. The molecular formula is C138H112N8. The van der Waals surface area contributed by atoms with Crippen molar-refractivity contribution in [3.8, 4) is 191 Å². The summed E-state index contributed by atoms with van der Waals surface area (Å²) in [6.45, 7) is 28.7. The lowest BCUT2D eigenvalue weighted by Crippen LogP contribution is -2.44. The zero-order chi connectivity index (χ0) is 99.8. The Morgan fingerprint density at radius 2 is 0.425 bits per heavy atom. The van der Waals surface area contributed by atoms with Crippen LogP contribution in [0.15, 0.2) is 461 Å². The first kappa shape index (κ1) is 92.5. The number of fused-ring (bicyclic) bond motifs is 12. The minimum atomic E-state index is -0.126. The van der Waals surface area contributed by atoms with Gasteiger partial charge in [0.1, 0.15) is 0 Å². The summed E-state index contributed by atoms with van der Waals surface area (Å²) in [6.07, 6.45) is 0. The summed E-state index contributed by atoms with van der Waals surface area (Å²) in [4.78, 5) is 40.6. The van der Waals surface area contributed by atoms with E-state index in [1.807, 2.05) is 84.9 Å². The van der Waals surface area contributed by atoms with Gasteiger partial charge >= 0.3 is 0 Å². The number of rotatable bonds is 14. The minimum Gasteiger partial charge on any atom is -0.244 e. The topological polar surface area (TPSA) is 103 Å². The quantitative estimate of drug-likeness (QED) is 0.0992. The molecule has 19 aromatic carbocycles. The molecule has 0 fully saturated rings. The van der Waals surface area contributed by atoms with Crippen molar-refractivity contribution in [3.63, 3.8) is 0 Å². The second kappa shape index (κ2) is 37.3. The summed E-state index contributed by atoms with van der Waals surface area (Å²) in [5.41, 5.74) is 41.6. The number of benzene rings is 19. The van der Waals surface area contributed by atoms with Crippen LogP contribution in [0.1, 0.15) is 116 Å². The molecule has 0 atom stereocenters. The SMILES string of the molecule is CC1(C)c2cc(-c3ccccc3)ccc2-c2ccc(-c3ccccc3-c3ccc(-c4nc(-c5ccccc5)nc(-c5ccccc5)n4)cc3)cc2C1(C)C.CC1(C)c2ccc(-c3ccccc3)cc2-c2cc(-c3nc4c(ccc5ccccc54)nc3-c3ccccc3)ccc2C1(C)C.CC1(C)c2ccc(-c3nc(-c4ccccc4)nc(-c4ccc(-c5ccccc5)cc4)n3)cc2-c2cccc(-c3ccccc3)c2C1(C)C. The molecule has 146 heavy (non-hydrogen) atoms. The Labute approximate surface area is 856 Å². The van der Waals surface area contributed by atoms with Crippen LogP contribution in [-0.2, 0) is 32.5 Å². The highest BCUT2D eigenvalue weighted by atomic mass is 15.0. The van der Waals surface area contributed by atoms with Crippen LogP contribution in [0.4, 0.5) is 0 Å².